The number of rotatable bonds is 3. The van der Waals surface area contributed by atoms with Crippen LogP contribution in [0.3, 0.4) is 0 Å². The topological polar surface area (TPSA) is 66.8 Å². The molecular formula is C13H19FN2O3S2. The predicted octanol–water partition coefficient (Wildman–Crippen LogP) is 1.38. The third kappa shape index (κ3) is 4.76. The van der Waals surface area contributed by atoms with E-state index < -0.39 is 19.8 Å². The Bertz CT molecular complexity index is 739. The molecule has 0 saturated carbocycles. The fourth-order valence-electron chi connectivity index (χ4n) is 2.30. The van der Waals surface area contributed by atoms with Crippen LogP contribution in [0.1, 0.15) is 11.1 Å². The average Bonchev–Trinajstić information content (AvgIpc) is 2.35. The van der Waals surface area contributed by atoms with Crippen molar-refractivity contribution in [2.24, 2.45) is 3.77 Å². The molecule has 1 aromatic rings. The lowest BCUT2D eigenvalue weighted by atomic mass is 10.1. The summed E-state index contributed by atoms with van der Waals surface area (Å²) in [4.78, 5) is 2.08. The summed E-state index contributed by atoms with van der Waals surface area (Å²) in [6, 6.07) is 4.97. The average molecular weight is 334 g/mol. The highest BCUT2D eigenvalue weighted by molar-refractivity contribution is 8.03. The maximum absolute atomic E-state index is 13.2. The van der Waals surface area contributed by atoms with Gasteiger partial charge in [0.2, 0.25) is 0 Å². The van der Waals surface area contributed by atoms with Crippen LogP contribution in [0.4, 0.5) is 4.39 Å². The molecule has 8 heteroatoms. The molecule has 0 N–H and O–H groups in total. The van der Waals surface area contributed by atoms with Crippen molar-refractivity contribution in [2.75, 3.05) is 30.9 Å². The Kier molecular flexibility index (Phi) is 4.69. The molecule has 0 unspecified atom stereocenters. The monoisotopic (exact) mass is 334 g/mol. The normalized spacial score (nSPS) is 19.4. The molecule has 2 rings (SSSR count). The molecule has 0 atom stereocenters. The Hall–Kier alpha value is -0.990. The van der Waals surface area contributed by atoms with Gasteiger partial charge in [-0.15, -0.1) is 3.77 Å². The van der Waals surface area contributed by atoms with Crippen molar-refractivity contribution in [2.45, 2.75) is 13.5 Å². The second kappa shape index (κ2) is 6.02. The SMILES string of the molecule is Cc1cc(CN2CCS(=O)(=NS(C)(=O)=O)CC2)ccc1F. The summed E-state index contributed by atoms with van der Waals surface area (Å²) in [6.45, 7) is 3.39. The predicted molar refractivity (Wildman–Crippen MR) is 81.6 cm³/mol. The number of nitrogens with zero attached hydrogens (tertiary/aromatic N) is 2. The summed E-state index contributed by atoms with van der Waals surface area (Å²) in [6.07, 6.45) is 0.966. The fraction of sp³-hybridized carbons (Fsp3) is 0.538. The van der Waals surface area contributed by atoms with E-state index in [-0.39, 0.29) is 17.3 Å². The number of hydrogen-bond donors (Lipinski definition) is 0. The first-order valence-corrected chi connectivity index (χ1v) is 10.3. The first-order chi connectivity index (χ1) is 9.67. The molecule has 1 aromatic carbocycles. The molecule has 1 heterocycles. The van der Waals surface area contributed by atoms with Crippen LogP contribution in [0.5, 0.6) is 0 Å². The fourth-order valence-corrected chi connectivity index (χ4v) is 6.16. The van der Waals surface area contributed by atoms with E-state index in [0.717, 1.165) is 11.8 Å². The summed E-state index contributed by atoms with van der Waals surface area (Å²) >= 11 is 0. The molecule has 0 spiro atoms. The standard InChI is InChI=1S/C13H19FN2O3S2/c1-11-9-12(3-4-13(11)14)10-16-5-7-21(19,8-6-16)15-20(2,17)18/h3-4,9H,5-8,10H2,1-2H3. The van der Waals surface area contributed by atoms with Crippen molar-refractivity contribution in [3.05, 3.63) is 35.1 Å². The minimum atomic E-state index is -3.58. The zero-order valence-electron chi connectivity index (χ0n) is 12.1. The Labute approximate surface area is 125 Å². The summed E-state index contributed by atoms with van der Waals surface area (Å²) in [5, 5.41) is 0. The van der Waals surface area contributed by atoms with Gasteiger partial charge in [0.1, 0.15) is 5.82 Å². The van der Waals surface area contributed by atoms with Gasteiger partial charge in [-0.05, 0) is 24.1 Å². The van der Waals surface area contributed by atoms with Crippen molar-refractivity contribution < 1.29 is 17.0 Å². The number of hydrogen-bond acceptors (Lipinski definition) is 4. The molecule has 0 aromatic heterocycles. The van der Waals surface area contributed by atoms with Crippen molar-refractivity contribution in [3.8, 4) is 0 Å². The lowest BCUT2D eigenvalue weighted by molar-refractivity contribution is 0.290. The zero-order chi connectivity index (χ0) is 15.7. The molecular weight excluding hydrogens is 315 g/mol. The molecule has 1 aliphatic rings. The van der Waals surface area contributed by atoms with Crippen molar-refractivity contribution in [1.29, 1.82) is 0 Å². The van der Waals surface area contributed by atoms with Crippen LogP contribution < -0.4 is 0 Å². The Morgan fingerprint density at radius 3 is 2.48 bits per heavy atom. The van der Waals surface area contributed by atoms with Gasteiger partial charge >= 0.3 is 0 Å². The van der Waals surface area contributed by atoms with Crippen LogP contribution >= 0.6 is 0 Å². The van der Waals surface area contributed by atoms with Gasteiger partial charge in [0.15, 0.2) is 0 Å². The van der Waals surface area contributed by atoms with Gasteiger partial charge < -0.3 is 0 Å². The third-order valence-corrected chi connectivity index (χ3v) is 7.16. The molecule has 118 valence electrons. The largest absolute Gasteiger partial charge is 0.297 e. The molecule has 0 bridgehead atoms. The van der Waals surface area contributed by atoms with Gasteiger partial charge in [0.05, 0.1) is 16.0 Å². The Morgan fingerprint density at radius 1 is 1.33 bits per heavy atom. The van der Waals surface area contributed by atoms with Gasteiger partial charge in [-0.25, -0.2) is 17.0 Å². The van der Waals surface area contributed by atoms with E-state index in [1.165, 1.54) is 6.07 Å². The minimum absolute atomic E-state index is 0.229. The highest BCUT2D eigenvalue weighted by Gasteiger charge is 2.22. The summed E-state index contributed by atoms with van der Waals surface area (Å²) in [7, 11) is -6.23. The number of halogens is 1. The lowest BCUT2D eigenvalue weighted by Crippen LogP contribution is -2.39. The van der Waals surface area contributed by atoms with Gasteiger partial charge in [0.25, 0.3) is 10.0 Å². The molecule has 0 aliphatic carbocycles. The van der Waals surface area contributed by atoms with E-state index in [1.807, 2.05) is 0 Å². The molecule has 5 nitrogen and oxygen atoms in total. The van der Waals surface area contributed by atoms with Crippen molar-refractivity contribution in [3.63, 3.8) is 0 Å². The number of sulfonamides is 1. The van der Waals surface area contributed by atoms with Crippen LogP contribution in [0.2, 0.25) is 0 Å². The highest BCUT2D eigenvalue weighted by Crippen LogP contribution is 2.15. The molecule has 0 radical (unpaired) electrons. The number of benzene rings is 1. The first kappa shape index (κ1) is 16.4. The maximum Gasteiger partial charge on any atom is 0.257 e. The van der Waals surface area contributed by atoms with Gasteiger partial charge in [-0.2, -0.15) is 0 Å². The van der Waals surface area contributed by atoms with E-state index >= 15 is 0 Å². The first-order valence-electron chi connectivity index (χ1n) is 6.58. The van der Waals surface area contributed by atoms with Crippen LogP contribution in [-0.4, -0.2) is 48.4 Å². The van der Waals surface area contributed by atoms with E-state index in [2.05, 4.69) is 8.67 Å². The second-order valence-corrected chi connectivity index (χ2v) is 9.77. The minimum Gasteiger partial charge on any atom is -0.297 e. The van der Waals surface area contributed by atoms with Crippen LogP contribution in [0.15, 0.2) is 22.0 Å². The summed E-state index contributed by atoms with van der Waals surface area (Å²) < 4.78 is 51.3. The van der Waals surface area contributed by atoms with Crippen molar-refractivity contribution in [1.82, 2.24) is 4.90 Å². The molecule has 1 saturated heterocycles. The lowest BCUT2D eigenvalue weighted by Gasteiger charge is -2.28. The van der Waals surface area contributed by atoms with Crippen molar-refractivity contribution >= 4 is 19.8 Å². The summed E-state index contributed by atoms with van der Waals surface area (Å²) in [5.41, 5.74) is 1.59. The van der Waals surface area contributed by atoms with E-state index in [4.69, 9.17) is 0 Å². The van der Waals surface area contributed by atoms with Gasteiger partial charge in [-0.1, -0.05) is 12.1 Å². The van der Waals surface area contributed by atoms with Crippen LogP contribution in [0.25, 0.3) is 0 Å². The summed E-state index contributed by atoms with van der Waals surface area (Å²) in [5.74, 6) is 0.271. The number of aryl methyl sites for hydroxylation is 1. The third-order valence-electron chi connectivity index (χ3n) is 3.35. The van der Waals surface area contributed by atoms with Crippen LogP contribution in [0, 0.1) is 12.7 Å². The van der Waals surface area contributed by atoms with Gasteiger partial charge in [-0.3, -0.25) is 4.90 Å². The van der Waals surface area contributed by atoms with E-state index in [1.54, 1.807) is 19.1 Å². The van der Waals surface area contributed by atoms with Gasteiger partial charge in [0, 0.05) is 31.1 Å². The van der Waals surface area contributed by atoms with Crippen LogP contribution in [-0.2, 0) is 26.3 Å². The molecule has 1 fully saturated rings. The Balaban J connectivity index is 2.03. The second-order valence-electron chi connectivity index (χ2n) is 5.35. The Morgan fingerprint density at radius 2 is 1.95 bits per heavy atom. The maximum atomic E-state index is 13.2. The highest BCUT2D eigenvalue weighted by atomic mass is 32.3. The molecule has 0 amide bonds. The smallest absolute Gasteiger partial charge is 0.257 e. The molecule has 1 aliphatic heterocycles. The quantitative estimate of drug-likeness (QED) is 0.837. The van der Waals surface area contributed by atoms with E-state index in [0.29, 0.717) is 25.2 Å². The van der Waals surface area contributed by atoms with E-state index in [9.17, 15) is 17.0 Å². The molecule has 21 heavy (non-hydrogen) atoms. The zero-order valence-corrected chi connectivity index (χ0v) is 13.7.